The Bertz CT molecular complexity index is 1090. The molecule has 0 atom stereocenters. The molecule has 1 aliphatic heterocycles. The van der Waals surface area contributed by atoms with Crippen molar-refractivity contribution in [1.29, 1.82) is 0 Å². The fourth-order valence-corrected chi connectivity index (χ4v) is 3.08. The van der Waals surface area contributed by atoms with Crippen LogP contribution in [0.15, 0.2) is 82.0 Å². The van der Waals surface area contributed by atoms with Gasteiger partial charge in [-0.2, -0.15) is 0 Å². The van der Waals surface area contributed by atoms with E-state index in [1.807, 2.05) is 47.2 Å². The summed E-state index contributed by atoms with van der Waals surface area (Å²) in [6.07, 6.45) is 3.57. The third-order valence-electron chi connectivity index (χ3n) is 4.28. The molecule has 1 aliphatic rings. The maximum atomic E-state index is 13.1. The Morgan fingerprint density at radius 2 is 1.86 bits per heavy atom. The van der Waals surface area contributed by atoms with E-state index in [9.17, 15) is 9.18 Å². The van der Waals surface area contributed by atoms with Gasteiger partial charge in [-0.1, -0.05) is 15.9 Å². The lowest BCUT2D eigenvalue weighted by Gasteiger charge is -2.09. The molecular weight excluding hydrogens is 439 g/mol. The smallest absolute Gasteiger partial charge is 0.363 e. The zero-order valence-corrected chi connectivity index (χ0v) is 16.8. The standard InChI is InChI=1S/C22H16BrFN2O3/c23-16-5-9-19(10-6-16)28-13-12-26-11-1-2-18(26)14-20-22(27)29-21(25-20)15-3-7-17(24)8-4-15/h1-11,14H,12-13H2/b20-14-. The van der Waals surface area contributed by atoms with Crippen molar-refractivity contribution in [3.8, 4) is 5.75 Å². The molecule has 2 heterocycles. The van der Waals surface area contributed by atoms with Crippen LogP contribution in [0, 0.1) is 5.82 Å². The highest BCUT2D eigenvalue weighted by atomic mass is 79.9. The molecule has 0 unspecified atom stereocenters. The van der Waals surface area contributed by atoms with E-state index in [4.69, 9.17) is 9.47 Å². The molecule has 0 fully saturated rings. The number of aliphatic imine (C=N–C) groups is 1. The summed E-state index contributed by atoms with van der Waals surface area (Å²) >= 11 is 3.39. The Morgan fingerprint density at radius 1 is 1.10 bits per heavy atom. The van der Waals surface area contributed by atoms with Crippen LogP contribution >= 0.6 is 15.9 Å². The summed E-state index contributed by atoms with van der Waals surface area (Å²) in [6, 6.07) is 17.0. The molecule has 1 aromatic heterocycles. The van der Waals surface area contributed by atoms with Crippen LogP contribution in [0.1, 0.15) is 11.3 Å². The van der Waals surface area contributed by atoms with E-state index in [0.717, 1.165) is 15.9 Å². The predicted molar refractivity (Wildman–Crippen MR) is 111 cm³/mol. The predicted octanol–water partition coefficient (Wildman–Crippen LogP) is 4.81. The van der Waals surface area contributed by atoms with Crippen molar-refractivity contribution in [3.05, 3.63) is 94.1 Å². The summed E-state index contributed by atoms with van der Waals surface area (Å²) in [4.78, 5) is 16.4. The number of aromatic nitrogens is 1. The minimum absolute atomic E-state index is 0.165. The Morgan fingerprint density at radius 3 is 2.62 bits per heavy atom. The Balaban J connectivity index is 1.46. The van der Waals surface area contributed by atoms with E-state index >= 15 is 0 Å². The molecule has 5 nitrogen and oxygen atoms in total. The molecule has 0 spiro atoms. The van der Waals surface area contributed by atoms with Crippen LogP contribution in [0.3, 0.4) is 0 Å². The van der Waals surface area contributed by atoms with Crippen molar-refractivity contribution in [2.24, 2.45) is 4.99 Å². The summed E-state index contributed by atoms with van der Waals surface area (Å²) in [7, 11) is 0. The Labute approximate surface area is 175 Å². The van der Waals surface area contributed by atoms with Crippen LogP contribution in [0.5, 0.6) is 5.75 Å². The fourth-order valence-electron chi connectivity index (χ4n) is 2.82. The Hall–Kier alpha value is -3.19. The molecule has 0 amide bonds. The maximum absolute atomic E-state index is 13.1. The first-order valence-corrected chi connectivity index (χ1v) is 9.70. The molecular formula is C22H16BrFN2O3. The molecule has 29 heavy (non-hydrogen) atoms. The number of halogens is 2. The van der Waals surface area contributed by atoms with Crippen molar-refractivity contribution in [2.45, 2.75) is 6.54 Å². The van der Waals surface area contributed by atoms with Gasteiger partial charge in [0.15, 0.2) is 5.70 Å². The van der Waals surface area contributed by atoms with Crippen LogP contribution in [-0.4, -0.2) is 23.0 Å². The highest BCUT2D eigenvalue weighted by Crippen LogP contribution is 2.20. The van der Waals surface area contributed by atoms with Gasteiger partial charge >= 0.3 is 5.97 Å². The number of cyclic esters (lactones) is 1. The largest absolute Gasteiger partial charge is 0.492 e. The van der Waals surface area contributed by atoms with Crippen molar-refractivity contribution in [3.63, 3.8) is 0 Å². The van der Waals surface area contributed by atoms with Crippen LogP contribution in [0.2, 0.25) is 0 Å². The highest BCUT2D eigenvalue weighted by Gasteiger charge is 2.24. The quantitative estimate of drug-likeness (QED) is 0.396. The highest BCUT2D eigenvalue weighted by molar-refractivity contribution is 9.10. The van der Waals surface area contributed by atoms with Crippen LogP contribution < -0.4 is 4.74 Å². The number of carbonyl (C=O) groups is 1. The number of esters is 1. The van der Waals surface area contributed by atoms with E-state index in [1.165, 1.54) is 24.3 Å². The van der Waals surface area contributed by atoms with E-state index in [-0.39, 0.29) is 17.4 Å². The number of benzene rings is 2. The number of hydrogen-bond acceptors (Lipinski definition) is 4. The molecule has 0 bridgehead atoms. The second-order valence-electron chi connectivity index (χ2n) is 6.27. The summed E-state index contributed by atoms with van der Waals surface area (Å²) in [6.45, 7) is 1.08. The molecule has 0 saturated carbocycles. The van der Waals surface area contributed by atoms with Gasteiger partial charge in [-0.15, -0.1) is 0 Å². The molecule has 4 rings (SSSR count). The van der Waals surface area contributed by atoms with E-state index in [0.29, 0.717) is 18.7 Å². The van der Waals surface area contributed by atoms with Crippen molar-refractivity contribution in [2.75, 3.05) is 6.61 Å². The van der Waals surface area contributed by atoms with Gasteiger partial charge in [-0.25, -0.2) is 14.2 Å². The van der Waals surface area contributed by atoms with Crippen LogP contribution in [-0.2, 0) is 16.1 Å². The van der Waals surface area contributed by atoms with Gasteiger partial charge in [-0.05, 0) is 66.7 Å². The second-order valence-corrected chi connectivity index (χ2v) is 7.19. The van der Waals surface area contributed by atoms with Crippen LogP contribution in [0.4, 0.5) is 4.39 Å². The van der Waals surface area contributed by atoms with Gasteiger partial charge in [0.2, 0.25) is 5.90 Å². The van der Waals surface area contributed by atoms with Gasteiger partial charge in [0, 0.05) is 21.9 Å². The summed E-state index contributed by atoms with van der Waals surface area (Å²) in [5, 5.41) is 0. The number of nitrogens with zero attached hydrogens (tertiary/aromatic N) is 2. The second kappa shape index (κ2) is 8.45. The summed E-state index contributed by atoms with van der Waals surface area (Å²) in [5.41, 5.74) is 1.54. The first-order chi connectivity index (χ1) is 14.1. The monoisotopic (exact) mass is 454 g/mol. The fraction of sp³-hybridized carbons (Fsp3) is 0.0909. The number of ether oxygens (including phenoxy) is 2. The van der Waals surface area contributed by atoms with E-state index in [2.05, 4.69) is 20.9 Å². The average Bonchev–Trinajstić information content (AvgIpc) is 3.31. The first-order valence-electron chi connectivity index (χ1n) is 8.90. The molecule has 0 radical (unpaired) electrons. The van der Waals surface area contributed by atoms with E-state index in [1.54, 1.807) is 6.08 Å². The lowest BCUT2D eigenvalue weighted by atomic mass is 10.2. The molecule has 146 valence electrons. The molecule has 0 saturated heterocycles. The third-order valence-corrected chi connectivity index (χ3v) is 4.80. The van der Waals surface area contributed by atoms with Crippen molar-refractivity contribution in [1.82, 2.24) is 4.57 Å². The minimum Gasteiger partial charge on any atom is -0.492 e. The summed E-state index contributed by atoms with van der Waals surface area (Å²) in [5.74, 6) is 0.0481. The molecule has 3 aromatic rings. The lowest BCUT2D eigenvalue weighted by Crippen LogP contribution is -2.09. The van der Waals surface area contributed by atoms with Gasteiger partial charge in [0.05, 0.1) is 6.54 Å². The van der Waals surface area contributed by atoms with Gasteiger partial charge in [-0.3, -0.25) is 0 Å². The number of hydrogen-bond donors (Lipinski definition) is 0. The lowest BCUT2D eigenvalue weighted by molar-refractivity contribution is -0.129. The Kier molecular flexibility index (Phi) is 5.57. The topological polar surface area (TPSA) is 52.8 Å². The summed E-state index contributed by atoms with van der Waals surface area (Å²) < 4.78 is 27.0. The molecule has 7 heteroatoms. The SMILES string of the molecule is O=C1OC(c2ccc(F)cc2)=N/C1=C\c1cccn1CCOc1ccc(Br)cc1. The molecule has 0 N–H and O–H groups in total. The number of carbonyl (C=O) groups excluding carboxylic acids is 1. The van der Waals surface area contributed by atoms with E-state index < -0.39 is 5.97 Å². The zero-order chi connectivity index (χ0) is 20.2. The number of rotatable bonds is 6. The van der Waals surface area contributed by atoms with Gasteiger partial charge < -0.3 is 14.0 Å². The molecule has 2 aromatic carbocycles. The third kappa shape index (κ3) is 4.63. The maximum Gasteiger partial charge on any atom is 0.363 e. The average molecular weight is 455 g/mol. The van der Waals surface area contributed by atoms with Crippen molar-refractivity contribution >= 4 is 33.9 Å². The molecule has 0 aliphatic carbocycles. The van der Waals surface area contributed by atoms with Gasteiger partial charge in [0.25, 0.3) is 0 Å². The minimum atomic E-state index is -0.539. The van der Waals surface area contributed by atoms with Crippen LogP contribution in [0.25, 0.3) is 6.08 Å². The zero-order valence-electron chi connectivity index (χ0n) is 15.2. The van der Waals surface area contributed by atoms with Gasteiger partial charge in [0.1, 0.15) is 18.2 Å². The first kappa shape index (κ1) is 19.1. The normalized spacial score (nSPS) is 14.8. The van der Waals surface area contributed by atoms with Crippen molar-refractivity contribution < 1.29 is 18.7 Å².